The van der Waals surface area contributed by atoms with E-state index in [1.165, 1.54) is 0 Å². The Labute approximate surface area is 69.1 Å². The Hall–Kier alpha value is -1.39. The van der Waals surface area contributed by atoms with Crippen LogP contribution in [0.2, 0.25) is 0 Å². The summed E-state index contributed by atoms with van der Waals surface area (Å²) in [5, 5.41) is 6.26. The lowest BCUT2D eigenvalue weighted by atomic mass is 10.5. The Morgan fingerprint density at radius 3 is 2.92 bits per heavy atom. The Bertz CT molecular complexity index is 303. The highest BCUT2D eigenvalue weighted by atomic mass is 16.5. The van der Waals surface area contributed by atoms with Gasteiger partial charge in [0.2, 0.25) is 5.89 Å². The van der Waals surface area contributed by atoms with Crippen molar-refractivity contribution in [2.45, 2.75) is 25.8 Å². The minimum Gasteiger partial charge on any atom is -0.346 e. The summed E-state index contributed by atoms with van der Waals surface area (Å²) in [5.74, 6) is 0.296. The molecular formula is C7H9N3O2. The summed E-state index contributed by atoms with van der Waals surface area (Å²) in [4.78, 5) is 15.0. The SMILES string of the molecule is Cc1nc(C(=O)NC2CC2)no1. The average Bonchev–Trinajstić information content (AvgIpc) is 2.72. The zero-order valence-electron chi connectivity index (χ0n) is 6.70. The zero-order valence-corrected chi connectivity index (χ0v) is 6.70. The fourth-order valence-electron chi connectivity index (χ4n) is 0.869. The van der Waals surface area contributed by atoms with Gasteiger partial charge in [-0.2, -0.15) is 4.98 Å². The lowest BCUT2D eigenvalue weighted by Gasteiger charge is -1.95. The number of amides is 1. The van der Waals surface area contributed by atoms with Crippen LogP contribution in [-0.4, -0.2) is 22.1 Å². The van der Waals surface area contributed by atoms with E-state index in [0.717, 1.165) is 12.8 Å². The molecule has 1 fully saturated rings. The number of rotatable bonds is 2. The second-order valence-electron chi connectivity index (χ2n) is 2.88. The molecule has 1 aromatic heterocycles. The molecule has 0 unspecified atom stereocenters. The highest BCUT2D eigenvalue weighted by Crippen LogP contribution is 2.18. The molecule has 1 aliphatic carbocycles. The number of aryl methyl sites for hydroxylation is 1. The number of hydrogen-bond acceptors (Lipinski definition) is 4. The second kappa shape index (κ2) is 2.58. The monoisotopic (exact) mass is 167 g/mol. The van der Waals surface area contributed by atoms with Crippen LogP contribution in [0.25, 0.3) is 0 Å². The molecule has 5 nitrogen and oxygen atoms in total. The normalized spacial score (nSPS) is 16.1. The van der Waals surface area contributed by atoms with Crippen molar-refractivity contribution in [3.05, 3.63) is 11.7 Å². The van der Waals surface area contributed by atoms with Crippen molar-refractivity contribution in [2.24, 2.45) is 0 Å². The molecule has 0 bridgehead atoms. The van der Waals surface area contributed by atoms with Gasteiger partial charge in [-0.15, -0.1) is 0 Å². The molecule has 5 heteroatoms. The topological polar surface area (TPSA) is 68.0 Å². The van der Waals surface area contributed by atoms with Gasteiger partial charge in [0.1, 0.15) is 0 Å². The van der Waals surface area contributed by atoms with E-state index in [9.17, 15) is 4.79 Å². The van der Waals surface area contributed by atoms with Crippen molar-refractivity contribution in [2.75, 3.05) is 0 Å². The van der Waals surface area contributed by atoms with Gasteiger partial charge < -0.3 is 9.84 Å². The third kappa shape index (κ3) is 1.44. The molecule has 1 amide bonds. The lowest BCUT2D eigenvalue weighted by molar-refractivity contribution is 0.0937. The minimum absolute atomic E-state index is 0.124. The van der Waals surface area contributed by atoms with Crippen LogP contribution in [0.4, 0.5) is 0 Å². The molecule has 1 aliphatic rings. The summed E-state index contributed by atoms with van der Waals surface area (Å²) in [5.41, 5.74) is 0. The number of hydrogen-bond donors (Lipinski definition) is 1. The number of nitrogens with zero attached hydrogens (tertiary/aromatic N) is 2. The number of carbonyl (C=O) groups excluding carboxylic acids is 1. The molecule has 1 aromatic rings. The van der Waals surface area contributed by atoms with Crippen LogP contribution in [0.5, 0.6) is 0 Å². The molecule has 1 saturated carbocycles. The van der Waals surface area contributed by atoms with Crippen LogP contribution in [0.15, 0.2) is 4.52 Å². The molecule has 0 saturated heterocycles. The maximum absolute atomic E-state index is 11.2. The van der Waals surface area contributed by atoms with Crippen molar-refractivity contribution < 1.29 is 9.32 Å². The largest absolute Gasteiger partial charge is 0.346 e. The minimum atomic E-state index is -0.241. The van der Waals surface area contributed by atoms with Gasteiger partial charge in [0.15, 0.2) is 0 Å². The fourth-order valence-corrected chi connectivity index (χ4v) is 0.869. The van der Waals surface area contributed by atoms with Crippen molar-refractivity contribution in [1.82, 2.24) is 15.5 Å². The van der Waals surface area contributed by atoms with Crippen LogP contribution < -0.4 is 5.32 Å². The van der Waals surface area contributed by atoms with Gasteiger partial charge in [0.25, 0.3) is 11.7 Å². The molecule has 64 valence electrons. The molecule has 0 aromatic carbocycles. The summed E-state index contributed by atoms with van der Waals surface area (Å²) in [6.45, 7) is 1.65. The molecule has 0 atom stereocenters. The Morgan fingerprint density at radius 1 is 1.67 bits per heavy atom. The number of aromatic nitrogens is 2. The number of nitrogens with one attached hydrogen (secondary N) is 1. The Morgan fingerprint density at radius 2 is 2.42 bits per heavy atom. The number of carbonyl (C=O) groups is 1. The van der Waals surface area contributed by atoms with E-state index >= 15 is 0 Å². The molecular weight excluding hydrogens is 158 g/mol. The molecule has 1 N–H and O–H groups in total. The summed E-state index contributed by atoms with van der Waals surface area (Å²) in [6.07, 6.45) is 2.12. The molecule has 2 rings (SSSR count). The predicted molar refractivity (Wildman–Crippen MR) is 39.5 cm³/mol. The van der Waals surface area contributed by atoms with E-state index in [4.69, 9.17) is 0 Å². The average molecular weight is 167 g/mol. The van der Waals surface area contributed by atoms with Crippen molar-refractivity contribution in [3.8, 4) is 0 Å². The van der Waals surface area contributed by atoms with Crippen LogP contribution in [-0.2, 0) is 0 Å². The maximum atomic E-state index is 11.2. The standard InChI is InChI=1S/C7H9N3O2/c1-4-8-6(10-12-4)7(11)9-5-2-3-5/h5H,2-3H2,1H3,(H,9,11). The molecule has 0 aliphatic heterocycles. The highest BCUT2D eigenvalue weighted by Gasteiger charge is 2.25. The lowest BCUT2D eigenvalue weighted by Crippen LogP contribution is -2.26. The van der Waals surface area contributed by atoms with Gasteiger partial charge in [-0.05, 0) is 12.8 Å². The van der Waals surface area contributed by atoms with Gasteiger partial charge in [-0.3, -0.25) is 4.79 Å². The van der Waals surface area contributed by atoms with Crippen molar-refractivity contribution in [3.63, 3.8) is 0 Å². The summed E-state index contributed by atoms with van der Waals surface area (Å²) in [6, 6.07) is 0.330. The van der Waals surface area contributed by atoms with E-state index in [1.807, 2.05) is 0 Å². The fraction of sp³-hybridized carbons (Fsp3) is 0.571. The smallest absolute Gasteiger partial charge is 0.292 e. The first-order chi connectivity index (χ1) is 5.75. The maximum Gasteiger partial charge on any atom is 0.292 e. The molecule has 1 heterocycles. The Kier molecular flexibility index (Phi) is 1.56. The van der Waals surface area contributed by atoms with Gasteiger partial charge in [0, 0.05) is 13.0 Å². The van der Waals surface area contributed by atoms with Gasteiger partial charge >= 0.3 is 0 Å². The highest BCUT2D eigenvalue weighted by molar-refractivity contribution is 5.90. The van der Waals surface area contributed by atoms with Crippen LogP contribution >= 0.6 is 0 Å². The van der Waals surface area contributed by atoms with E-state index in [-0.39, 0.29) is 11.7 Å². The van der Waals surface area contributed by atoms with Gasteiger partial charge in [-0.1, -0.05) is 5.16 Å². The van der Waals surface area contributed by atoms with Crippen molar-refractivity contribution >= 4 is 5.91 Å². The van der Waals surface area contributed by atoms with E-state index in [0.29, 0.717) is 11.9 Å². The van der Waals surface area contributed by atoms with Gasteiger partial charge in [-0.25, -0.2) is 0 Å². The van der Waals surface area contributed by atoms with Crippen molar-refractivity contribution in [1.29, 1.82) is 0 Å². The van der Waals surface area contributed by atoms with E-state index in [2.05, 4.69) is 20.0 Å². The first-order valence-corrected chi connectivity index (χ1v) is 3.87. The van der Waals surface area contributed by atoms with E-state index in [1.54, 1.807) is 6.92 Å². The third-order valence-electron chi connectivity index (χ3n) is 1.64. The summed E-state index contributed by atoms with van der Waals surface area (Å²) in [7, 11) is 0. The van der Waals surface area contributed by atoms with Crippen LogP contribution in [0.1, 0.15) is 29.4 Å². The summed E-state index contributed by atoms with van der Waals surface area (Å²) < 4.78 is 4.67. The zero-order chi connectivity index (χ0) is 8.55. The quantitative estimate of drug-likeness (QED) is 0.686. The molecule has 0 spiro atoms. The molecule has 0 radical (unpaired) electrons. The first-order valence-electron chi connectivity index (χ1n) is 3.87. The molecule has 12 heavy (non-hydrogen) atoms. The van der Waals surface area contributed by atoms with Gasteiger partial charge in [0.05, 0.1) is 0 Å². The Balaban J connectivity index is 2.03. The van der Waals surface area contributed by atoms with E-state index < -0.39 is 0 Å². The second-order valence-corrected chi connectivity index (χ2v) is 2.88. The third-order valence-corrected chi connectivity index (χ3v) is 1.64. The summed E-state index contributed by atoms with van der Waals surface area (Å²) >= 11 is 0. The predicted octanol–water partition coefficient (Wildman–Crippen LogP) is 0.270. The van der Waals surface area contributed by atoms with Crippen LogP contribution in [0, 0.1) is 6.92 Å². The van der Waals surface area contributed by atoms with Crippen LogP contribution in [0.3, 0.4) is 0 Å². The first kappa shape index (κ1) is 7.27.